The Kier molecular flexibility index (Phi) is 6.09. The highest BCUT2D eigenvalue weighted by molar-refractivity contribution is 5.94. The number of benzene rings is 1. The molecule has 0 aliphatic carbocycles. The fraction of sp³-hybridized carbons (Fsp3) is 0.600. The van der Waals surface area contributed by atoms with Gasteiger partial charge in [-0.25, -0.2) is 4.79 Å². The molecule has 0 saturated carbocycles. The van der Waals surface area contributed by atoms with Crippen molar-refractivity contribution in [3.8, 4) is 0 Å². The number of urea groups is 1. The van der Waals surface area contributed by atoms with Crippen LogP contribution in [0.1, 0.15) is 55.1 Å². The van der Waals surface area contributed by atoms with Crippen molar-refractivity contribution in [2.75, 3.05) is 19.6 Å². The van der Waals surface area contributed by atoms with Gasteiger partial charge in [-0.05, 0) is 55.4 Å². The zero-order valence-corrected chi connectivity index (χ0v) is 16.1. The standard InChI is InChI=1S/C20H31N3O2/c1-14-6-7-16(12-15(14)2)18(24)22-17-8-10-23(11-9-17)19(25)21-13-20(3,4)5/h6-7,12,17H,8-11,13H2,1-5H3,(H,21,25)(H,22,24). The predicted molar refractivity (Wildman–Crippen MR) is 101 cm³/mol. The molecule has 2 N–H and O–H groups in total. The largest absolute Gasteiger partial charge is 0.349 e. The maximum atomic E-state index is 12.4. The summed E-state index contributed by atoms with van der Waals surface area (Å²) in [6.45, 7) is 12.4. The van der Waals surface area contributed by atoms with Crippen LogP contribution in [0.25, 0.3) is 0 Å². The first-order chi connectivity index (χ1) is 11.7. The molecule has 25 heavy (non-hydrogen) atoms. The lowest BCUT2D eigenvalue weighted by Gasteiger charge is -2.33. The highest BCUT2D eigenvalue weighted by atomic mass is 16.2. The Morgan fingerprint density at radius 3 is 2.32 bits per heavy atom. The molecule has 0 atom stereocenters. The molecule has 1 aromatic carbocycles. The second-order valence-corrected chi connectivity index (χ2v) is 8.25. The van der Waals surface area contributed by atoms with Crippen LogP contribution in [0.5, 0.6) is 0 Å². The van der Waals surface area contributed by atoms with Gasteiger partial charge in [-0.2, -0.15) is 0 Å². The molecule has 0 bridgehead atoms. The molecule has 0 spiro atoms. The van der Waals surface area contributed by atoms with Gasteiger partial charge in [0.1, 0.15) is 0 Å². The molecule has 1 aliphatic heterocycles. The lowest BCUT2D eigenvalue weighted by atomic mass is 9.97. The van der Waals surface area contributed by atoms with Crippen LogP contribution in [0, 0.1) is 19.3 Å². The molecule has 5 heteroatoms. The molecule has 138 valence electrons. The minimum absolute atomic E-state index is 0.00568. The molecule has 3 amide bonds. The zero-order chi connectivity index (χ0) is 18.6. The highest BCUT2D eigenvalue weighted by Crippen LogP contribution is 2.15. The van der Waals surface area contributed by atoms with E-state index in [9.17, 15) is 9.59 Å². The van der Waals surface area contributed by atoms with E-state index in [0.717, 1.165) is 18.4 Å². The second kappa shape index (κ2) is 7.89. The van der Waals surface area contributed by atoms with Crippen molar-refractivity contribution in [1.82, 2.24) is 15.5 Å². The van der Waals surface area contributed by atoms with E-state index in [1.54, 1.807) is 0 Å². The van der Waals surface area contributed by atoms with E-state index in [4.69, 9.17) is 0 Å². The lowest BCUT2D eigenvalue weighted by molar-refractivity contribution is 0.0917. The minimum atomic E-state index is -0.0289. The Morgan fingerprint density at radius 2 is 1.76 bits per heavy atom. The molecule has 0 radical (unpaired) electrons. The molecular weight excluding hydrogens is 314 g/mol. The predicted octanol–water partition coefficient (Wildman–Crippen LogP) is 3.25. The average molecular weight is 345 g/mol. The molecule has 1 fully saturated rings. The van der Waals surface area contributed by atoms with Crippen LogP contribution in [0.4, 0.5) is 4.79 Å². The summed E-state index contributed by atoms with van der Waals surface area (Å²) in [6.07, 6.45) is 1.58. The number of rotatable bonds is 3. The van der Waals surface area contributed by atoms with Crippen LogP contribution < -0.4 is 10.6 Å². The van der Waals surface area contributed by atoms with Gasteiger partial charge in [0.05, 0.1) is 0 Å². The van der Waals surface area contributed by atoms with E-state index in [2.05, 4.69) is 31.4 Å². The first-order valence-electron chi connectivity index (χ1n) is 9.06. The number of likely N-dealkylation sites (tertiary alicyclic amines) is 1. The molecule has 1 saturated heterocycles. The van der Waals surface area contributed by atoms with Crippen LogP contribution in [0.3, 0.4) is 0 Å². The van der Waals surface area contributed by atoms with E-state index >= 15 is 0 Å². The summed E-state index contributed by atoms with van der Waals surface area (Å²) in [4.78, 5) is 26.4. The van der Waals surface area contributed by atoms with Crippen molar-refractivity contribution in [2.24, 2.45) is 5.41 Å². The first kappa shape index (κ1) is 19.3. The monoisotopic (exact) mass is 345 g/mol. The number of amides is 3. The molecule has 1 aliphatic rings. The number of hydrogen-bond donors (Lipinski definition) is 2. The van der Waals surface area contributed by atoms with Gasteiger partial charge in [0, 0.05) is 31.2 Å². The molecule has 5 nitrogen and oxygen atoms in total. The first-order valence-corrected chi connectivity index (χ1v) is 9.06. The third-order valence-electron chi connectivity index (χ3n) is 4.66. The molecule has 0 unspecified atom stereocenters. The van der Waals surface area contributed by atoms with Crippen molar-refractivity contribution < 1.29 is 9.59 Å². The number of carbonyl (C=O) groups excluding carboxylic acids is 2. The van der Waals surface area contributed by atoms with Crippen molar-refractivity contribution in [3.63, 3.8) is 0 Å². The van der Waals surface area contributed by atoms with Crippen molar-refractivity contribution in [3.05, 3.63) is 34.9 Å². The van der Waals surface area contributed by atoms with Crippen LogP contribution in [-0.2, 0) is 0 Å². The number of hydrogen-bond acceptors (Lipinski definition) is 2. The van der Waals surface area contributed by atoms with Crippen LogP contribution in [0.15, 0.2) is 18.2 Å². The fourth-order valence-electron chi connectivity index (χ4n) is 2.83. The van der Waals surface area contributed by atoms with Crippen molar-refractivity contribution in [1.29, 1.82) is 0 Å². The Hall–Kier alpha value is -2.04. The number of carbonyl (C=O) groups is 2. The summed E-state index contributed by atoms with van der Waals surface area (Å²) in [7, 11) is 0. The maximum Gasteiger partial charge on any atom is 0.317 e. The molecule has 1 heterocycles. The van der Waals surface area contributed by atoms with E-state index in [1.807, 2.05) is 36.9 Å². The SMILES string of the molecule is Cc1ccc(C(=O)NC2CCN(C(=O)NCC(C)(C)C)CC2)cc1C. The smallest absolute Gasteiger partial charge is 0.317 e. The molecule has 0 aromatic heterocycles. The number of aryl methyl sites for hydroxylation is 2. The van der Waals surface area contributed by atoms with E-state index in [0.29, 0.717) is 25.2 Å². The topological polar surface area (TPSA) is 61.4 Å². The molecule has 2 rings (SSSR count). The van der Waals surface area contributed by atoms with E-state index in [-0.39, 0.29) is 23.4 Å². The van der Waals surface area contributed by atoms with Gasteiger partial charge in [0.15, 0.2) is 0 Å². The second-order valence-electron chi connectivity index (χ2n) is 8.25. The van der Waals surface area contributed by atoms with Gasteiger partial charge in [-0.15, -0.1) is 0 Å². The molecule has 1 aromatic rings. The summed E-state index contributed by atoms with van der Waals surface area (Å²) in [6, 6.07) is 5.90. The third-order valence-corrected chi connectivity index (χ3v) is 4.66. The summed E-state index contributed by atoms with van der Waals surface area (Å²) in [5.41, 5.74) is 3.09. The quantitative estimate of drug-likeness (QED) is 0.883. The molecular formula is C20H31N3O2. The highest BCUT2D eigenvalue weighted by Gasteiger charge is 2.25. The van der Waals surface area contributed by atoms with Gasteiger partial charge in [-0.1, -0.05) is 26.8 Å². The van der Waals surface area contributed by atoms with Gasteiger partial charge in [-0.3, -0.25) is 4.79 Å². The number of nitrogens with zero attached hydrogens (tertiary/aromatic N) is 1. The van der Waals surface area contributed by atoms with Crippen LogP contribution >= 0.6 is 0 Å². The third kappa shape index (κ3) is 5.76. The Labute approximate surface area is 151 Å². The number of piperidine rings is 1. The fourth-order valence-corrected chi connectivity index (χ4v) is 2.83. The minimum Gasteiger partial charge on any atom is -0.349 e. The summed E-state index contributed by atoms with van der Waals surface area (Å²) in [5, 5.41) is 6.09. The zero-order valence-electron chi connectivity index (χ0n) is 16.1. The van der Waals surface area contributed by atoms with E-state index in [1.165, 1.54) is 5.56 Å². The summed E-state index contributed by atoms with van der Waals surface area (Å²) in [5.74, 6) is -0.0289. The maximum absolute atomic E-state index is 12.4. The van der Waals surface area contributed by atoms with Gasteiger partial charge >= 0.3 is 6.03 Å². The average Bonchev–Trinajstić information content (AvgIpc) is 2.55. The van der Waals surface area contributed by atoms with Crippen LogP contribution in [0.2, 0.25) is 0 Å². The Morgan fingerprint density at radius 1 is 1.12 bits per heavy atom. The lowest BCUT2D eigenvalue weighted by Crippen LogP contribution is -2.50. The van der Waals surface area contributed by atoms with Gasteiger partial charge < -0.3 is 15.5 Å². The number of nitrogens with one attached hydrogen (secondary N) is 2. The Bertz CT molecular complexity index is 626. The summed E-state index contributed by atoms with van der Waals surface area (Å²) < 4.78 is 0. The van der Waals surface area contributed by atoms with Crippen molar-refractivity contribution >= 4 is 11.9 Å². The Balaban J connectivity index is 1.81. The van der Waals surface area contributed by atoms with Crippen molar-refractivity contribution in [2.45, 2.75) is 53.5 Å². The summed E-state index contributed by atoms with van der Waals surface area (Å²) >= 11 is 0. The normalized spacial score (nSPS) is 15.8. The van der Waals surface area contributed by atoms with Gasteiger partial charge in [0.25, 0.3) is 5.91 Å². The van der Waals surface area contributed by atoms with Gasteiger partial charge in [0.2, 0.25) is 0 Å². The van der Waals surface area contributed by atoms with E-state index < -0.39 is 0 Å². The van der Waals surface area contributed by atoms with Crippen LogP contribution in [-0.4, -0.2) is 42.5 Å².